The van der Waals surface area contributed by atoms with Gasteiger partial charge in [-0.05, 0) is 80.4 Å². The molecule has 10 heteroatoms. The first kappa shape index (κ1) is 28.4. The maximum Gasteiger partial charge on any atom is 0.313 e. The summed E-state index contributed by atoms with van der Waals surface area (Å²) in [4.78, 5) is 57.3. The minimum absolute atomic E-state index is 0.0419. The van der Waals surface area contributed by atoms with Gasteiger partial charge in [0.05, 0.1) is 12.1 Å². The third kappa shape index (κ3) is 5.95. The number of ketones is 1. The predicted octanol–water partition coefficient (Wildman–Crippen LogP) is 5.06. The number of hydrogen-bond acceptors (Lipinski definition) is 8. The number of nitrogens with two attached hydrogens (primary N) is 1. The Morgan fingerprint density at radius 3 is 2.54 bits per heavy atom. The molecule has 218 valence electrons. The van der Waals surface area contributed by atoms with Crippen molar-refractivity contribution in [2.75, 3.05) is 0 Å². The summed E-state index contributed by atoms with van der Waals surface area (Å²) in [7, 11) is 0. The number of rotatable bonds is 12. The molecule has 1 atom stereocenters. The smallest absolute Gasteiger partial charge is 0.313 e. The molecule has 7 rings (SSSR count). The lowest BCUT2D eigenvalue weighted by Gasteiger charge is -2.55. The molecule has 1 aliphatic heterocycles. The SMILES string of the molecule is CCC(=O)CCC(C(N)=O)N1Cc2c(SCc3csc(CC(=O)OC45CC6CC(CC(C6)C4)C5)n3)cccc2C1=O. The highest BCUT2D eigenvalue weighted by molar-refractivity contribution is 7.98. The number of carbonyl (C=O) groups is 4. The van der Waals surface area contributed by atoms with Gasteiger partial charge in [-0.1, -0.05) is 13.0 Å². The van der Waals surface area contributed by atoms with Gasteiger partial charge in [0.1, 0.15) is 22.4 Å². The molecular weight excluding hydrogens is 558 g/mol. The van der Waals surface area contributed by atoms with Gasteiger partial charge in [0.15, 0.2) is 0 Å². The Balaban J connectivity index is 1.06. The molecule has 1 unspecified atom stereocenters. The molecule has 5 aliphatic rings. The van der Waals surface area contributed by atoms with Gasteiger partial charge in [0, 0.05) is 41.0 Å². The van der Waals surface area contributed by atoms with Crippen LogP contribution in [-0.2, 0) is 37.8 Å². The lowest BCUT2D eigenvalue weighted by Crippen LogP contribution is -2.52. The van der Waals surface area contributed by atoms with Crippen molar-refractivity contribution in [2.24, 2.45) is 23.5 Å². The van der Waals surface area contributed by atoms with Crippen molar-refractivity contribution in [1.29, 1.82) is 0 Å². The number of thiazole rings is 1. The van der Waals surface area contributed by atoms with Crippen molar-refractivity contribution in [3.8, 4) is 0 Å². The van der Waals surface area contributed by atoms with Gasteiger partial charge >= 0.3 is 5.97 Å². The molecule has 4 fully saturated rings. The highest BCUT2D eigenvalue weighted by atomic mass is 32.2. The van der Waals surface area contributed by atoms with Crippen molar-refractivity contribution in [1.82, 2.24) is 9.88 Å². The summed E-state index contributed by atoms with van der Waals surface area (Å²) in [5, 5.41) is 2.75. The minimum Gasteiger partial charge on any atom is -0.459 e. The highest BCUT2D eigenvalue weighted by Crippen LogP contribution is 2.57. The first-order valence-electron chi connectivity index (χ1n) is 14.7. The van der Waals surface area contributed by atoms with Gasteiger partial charge < -0.3 is 15.4 Å². The summed E-state index contributed by atoms with van der Waals surface area (Å²) < 4.78 is 6.17. The van der Waals surface area contributed by atoms with E-state index in [4.69, 9.17) is 15.5 Å². The van der Waals surface area contributed by atoms with Crippen LogP contribution in [0.25, 0.3) is 0 Å². The molecule has 1 aromatic carbocycles. The first-order chi connectivity index (χ1) is 19.7. The second-order valence-corrected chi connectivity index (χ2v) is 14.3. The third-order valence-electron chi connectivity index (χ3n) is 9.33. The fourth-order valence-corrected chi connectivity index (χ4v) is 9.70. The Hall–Kier alpha value is -2.72. The molecule has 2 amide bonds. The van der Waals surface area contributed by atoms with Crippen LogP contribution >= 0.6 is 23.1 Å². The van der Waals surface area contributed by atoms with Gasteiger partial charge in [-0.3, -0.25) is 19.2 Å². The molecule has 0 spiro atoms. The Bertz CT molecular complexity index is 1340. The average molecular weight is 596 g/mol. The zero-order valence-corrected chi connectivity index (χ0v) is 25.1. The number of ether oxygens (including phenoxy) is 1. The van der Waals surface area contributed by atoms with Crippen molar-refractivity contribution in [3.63, 3.8) is 0 Å². The van der Waals surface area contributed by atoms with Gasteiger partial charge in [0.25, 0.3) is 5.91 Å². The van der Waals surface area contributed by atoms with Crippen molar-refractivity contribution in [2.45, 2.75) is 100.0 Å². The molecule has 0 saturated heterocycles. The van der Waals surface area contributed by atoms with E-state index in [0.717, 1.165) is 58.2 Å². The number of thioether (sulfide) groups is 1. The maximum absolute atomic E-state index is 13.2. The zero-order valence-electron chi connectivity index (χ0n) is 23.4. The molecule has 2 aromatic rings. The van der Waals surface area contributed by atoms with Crippen LogP contribution in [0.5, 0.6) is 0 Å². The molecular formula is C31H37N3O5S2. The van der Waals surface area contributed by atoms with E-state index in [1.54, 1.807) is 24.8 Å². The summed E-state index contributed by atoms with van der Waals surface area (Å²) in [5.74, 6) is 1.83. The number of Topliss-reactive ketones (excluding diaryl/α,β-unsaturated/α-hetero) is 1. The Kier molecular flexibility index (Phi) is 7.98. The predicted molar refractivity (Wildman–Crippen MR) is 156 cm³/mol. The summed E-state index contributed by atoms with van der Waals surface area (Å²) in [6.45, 7) is 2.06. The van der Waals surface area contributed by atoms with Crippen LogP contribution in [0.3, 0.4) is 0 Å². The van der Waals surface area contributed by atoms with Crippen LogP contribution in [0.15, 0.2) is 28.5 Å². The average Bonchev–Trinajstić information content (AvgIpc) is 3.50. The van der Waals surface area contributed by atoms with E-state index < -0.39 is 11.9 Å². The molecule has 2 heterocycles. The number of aromatic nitrogens is 1. The maximum atomic E-state index is 13.2. The van der Waals surface area contributed by atoms with Crippen LogP contribution in [0.1, 0.15) is 91.3 Å². The van der Waals surface area contributed by atoms with Gasteiger partial charge in [-0.15, -0.1) is 23.1 Å². The third-order valence-corrected chi connectivity index (χ3v) is 11.4. The quantitative estimate of drug-likeness (QED) is 0.269. The topological polar surface area (TPSA) is 120 Å². The number of benzene rings is 1. The summed E-state index contributed by atoms with van der Waals surface area (Å²) >= 11 is 3.06. The fourth-order valence-electron chi connectivity index (χ4n) is 7.84. The van der Waals surface area contributed by atoms with E-state index in [1.165, 1.54) is 35.5 Å². The number of esters is 1. The molecule has 4 aliphatic carbocycles. The van der Waals surface area contributed by atoms with Gasteiger partial charge in [-0.25, -0.2) is 4.98 Å². The normalized spacial score (nSPS) is 26.7. The largest absolute Gasteiger partial charge is 0.459 e. The van der Waals surface area contributed by atoms with Crippen LogP contribution in [0.4, 0.5) is 0 Å². The number of hydrogen-bond donors (Lipinski definition) is 1. The van der Waals surface area contributed by atoms with Crippen LogP contribution < -0.4 is 5.73 Å². The van der Waals surface area contributed by atoms with E-state index in [0.29, 0.717) is 17.7 Å². The molecule has 4 saturated carbocycles. The van der Waals surface area contributed by atoms with Crippen LogP contribution in [0, 0.1) is 17.8 Å². The second-order valence-electron chi connectivity index (χ2n) is 12.3. The Morgan fingerprint density at radius 2 is 1.88 bits per heavy atom. The number of amides is 2. The molecule has 1 aromatic heterocycles. The summed E-state index contributed by atoms with van der Waals surface area (Å²) in [6.07, 6.45) is 8.07. The Morgan fingerprint density at radius 1 is 1.17 bits per heavy atom. The fraction of sp³-hybridized carbons (Fsp3) is 0.581. The molecule has 41 heavy (non-hydrogen) atoms. The number of primary amides is 1. The Labute approximate surface area is 248 Å². The van der Waals surface area contributed by atoms with E-state index in [-0.39, 0.29) is 49.1 Å². The van der Waals surface area contributed by atoms with E-state index >= 15 is 0 Å². The molecule has 2 N–H and O–H groups in total. The van der Waals surface area contributed by atoms with E-state index in [9.17, 15) is 19.2 Å². The van der Waals surface area contributed by atoms with E-state index in [2.05, 4.69) is 0 Å². The van der Waals surface area contributed by atoms with E-state index in [1.807, 2.05) is 17.5 Å². The second kappa shape index (κ2) is 11.5. The van der Waals surface area contributed by atoms with Crippen molar-refractivity contribution >= 4 is 46.7 Å². The number of fused-ring (bicyclic) bond motifs is 1. The summed E-state index contributed by atoms with van der Waals surface area (Å²) in [5.41, 5.74) is 7.72. The standard InChI is InChI=1S/C31H37N3O5S2/c1-2-22(35)6-7-25(29(32)37)34-15-24-23(30(34)38)4-3-5-26(24)40-16-21-17-41-27(33-21)11-28(36)39-31-12-18-8-19(13-31)10-20(9-18)14-31/h3-5,17-20,25H,2,6-16H2,1H3,(H2,32,37). The number of carbonyl (C=O) groups excluding carboxylic acids is 4. The monoisotopic (exact) mass is 595 g/mol. The molecule has 0 radical (unpaired) electrons. The van der Waals surface area contributed by atoms with Crippen LogP contribution in [0.2, 0.25) is 0 Å². The highest BCUT2D eigenvalue weighted by Gasteiger charge is 2.53. The number of nitrogens with zero attached hydrogens (tertiary/aromatic N) is 2. The van der Waals surface area contributed by atoms with Crippen LogP contribution in [-0.4, -0.2) is 45.1 Å². The summed E-state index contributed by atoms with van der Waals surface area (Å²) in [6, 6.07) is 4.77. The van der Waals surface area contributed by atoms with Gasteiger partial charge in [0.2, 0.25) is 5.91 Å². The minimum atomic E-state index is -0.817. The first-order valence-corrected chi connectivity index (χ1v) is 16.6. The van der Waals surface area contributed by atoms with Crippen molar-refractivity contribution in [3.05, 3.63) is 45.4 Å². The van der Waals surface area contributed by atoms with Crippen molar-refractivity contribution < 1.29 is 23.9 Å². The molecule has 4 bridgehead atoms. The lowest BCUT2D eigenvalue weighted by molar-refractivity contribution is -0.185. The zero-order chi connectivity index (χ0) is 28.7. The lowest BCUT2D eigenvalue weighted by atomic mass is 9.54. The molecule has 8 nitrogen and oxygen atoms in total. The van der Waals surface area contributed by atoms with Gasteiger partial charge in [-0.2, -0.15) is 0 Å².